The van der Waals surface area contributed by atoms with E-state index in [1.54, 1.807) is 32.4 Å². The Balaban J connectivity index is 1.88. The first-order valence-electron chi connectivity index (χ1n) is 9.15. The summed E-state index contributed by atoms with van der Waals surface area (Å²) >= 11 is 0. The van der Waals surface area contributed by atoms with Gasteiger partial charge in [-0.2, -0.15) is 0 Å². The molecule has 0 saturated carbocycles. The molecule has 6 nitrogen and oxygen atoms in total. The van der Waals surface area contributed by atoms with Crippen LogP contribution in [0, 0.1) is 6.92 Å². The molecule has 1 N–H and O–H groups in total. The van der Waals surface area contributed by atoms with Crippen LogP contribution < -0.4 is 10.1 Å². The van der Waals surface area contributed by atoms with E-state index in [1.807, 2.05) is 55.4 Å². The lowest BCUT2D eigenvalue weighted by Gasteiger charge is -2.16. The Bertz CT molecular complexity index is 1040. The lowest BCUT2D eigenvalue weighted by molar-refractivity contribution is 0.102. The van der Waals surface area contributed by atoms with Crippen LogP contribution >= 0.6 is 0 Å². The van der Waals surface area contributed by atoms with Gasteiger partial charge in [0.1, 0.15) is 11.4 Å². The van der Waals surface area contributed by atoms with Gasteiger partial charge in [0.05, 0.1) is 30.4 Å². The van der Waals surface area contributed by atoms with Crippen LogP contribution in [0.3, 0.4) is 0 Å². The van der Waals surface area contributed by atoms with Gasteiger partial charge in [0, 0.05) is 25.4 Å². The van der Waals surface area contributed by atoms with Crippen LogP contribution in [0.15, 0.2) is 61.3 Å². The standard InChI is InChI=1S/C23H24N4O2/c1-15-22(23(28)26-19-8-6-7-9-21(19)29-5)25-20(14-24-15)18-12-10-17(11-13-18)16(2)27(3)4/h6-14H,2H2,1,3-5H3,(H,26,28). The summed E-state index contributed by atoms with van der Waals surface area (Å²) in [5.74, 6) is 0.248. The van der Waals surface area contributed by atoms with E-state index in [-0.39, 0.29) is 11.6 Å². The molecule has 0 bridgehead atoms. The van der Waals surface area contributed by atoms with Crippen molar-refractivity contribution in [3.63, 3.8) is 0 Å². The highest BCUT2D eigenvalue weighted by molar-refractivity contribution is 6.04. The molecule has 148 valence electrons. The second-order valence-corrected chi connectivity index (χ2v) is 6.76. The van der Waals surface area contributed by atoms with Crippen molar-refractivity contribution < 1.29 is 9.53 Å². The number of para-hydroxylation sites is 2. The maximum Gasteiger partial charge on any atom is 0.276 e. The molecule has 0 aliphatic rings. The number of nitrogens with one attached hydrogen (secondary N) is 1. The average molecular weight is 388 g/mol. The molecule has 0 aliphatic carbocycles. The van der Waals surface area contributed by atoms with Gasteiger partial charge in [-0.05, 0) is 24.6 Å². The Kier molecular flexibility index (Phi) is 5.93. The minimum atomic E-state index is -0.334. The van der Waals surface area contributed by atoms with Crippen molar-refractivity contribution in [1.29, 1.82) is 0 Å². The molecule has 0 aliphatic heterocycles. The topological polar surface area (TPSA) is 67.3 Å². The summed E-state index contributed by atoms with van der Waals surface area (Å²) in [5, 5.41) is 2.85. The van der Waals surface area contributed by atoms with Gasteiger partial charge in [0.2, 0.25) is 0 Å². The lowest BCUT2D eigenvalue weighted by Crippen LogP contribution is -2.17. The van der Waals surface area contributed by atoms with Gasteiger partial charge in [-0.25, -0.2) is 4.98 Å². The van der Waals surface area contributed by atoms with Crippen LogP contribution in [0.2, 0.25) is 0 Å². The summed E-state index contributed by atoms with van der Waals surface area (Å²) < 4.78 is 5.29. The molecule has 6 heteroatoms. The second kappa shape index (κ2) is 8.56. The molecular formula is C23H24N4O2. The molecule has 1 aromatic heterocycles. The molecule has 1 heterocycles. The Morgan fingerprint density at radius 1 is 1.10 bits per heavy atom. The summed E-state index contributed by atoms with van der Waals surface area (Å²) in [6.45, 7) is 5.83. The highest BCUT2D eigenvalue weighted by Gasteiger charge is 2.16. The van der Waals surface area contributed by atoms with Gasteiger partial charge in [0.15, 0.2) is 0 Å². The third kappa shape index (κ3) is 4.43. The molecule has 0 unspecified atom stereocenters. The third-order valence-electron chi connectivity index (χ3n) is 4.58. The van der Waals surface area contributed by atoms with E-state index in [2.05, 4.69) is 21.9 Å². The van der Waals surface area contributed by atoms with E-state index < -0.39 is 0 Å². The van der Waals surface area contributed by atoms with Crippen LogP contribution in [-0.2, 0) is 0 Å². The van der Waals surface area contributed by atoms with Gasteiger partial charge < -0.3 is 15.0 Å². The van der Waals surface area contributed by atoms with Crippen molar-refractivity contribution in [3.8, 4) is 17.0 Å². The first-order valence-corrected chi connectivity index (χ1v) is 9.15. The van der Waals surface area contributed by atoms with Crippen molar-refractivity contribution in [2.24, 2.45) is 0 Å². The molecule has 3 aromatic rings. The van der Waals surface area contributed by atoms with Crippen molar-refractivity contribution in [2.75, 3.05) is 26.5 Å². The number of anilines is 1. The molecule has 1 amide bonds. The molecule has 0 spiro atoms. The minimum Gasteiger partial charge on any atom is -0.495 e. The van der Waals surface area contributed by atoms with Crippen LogP contribution in [0.4, 0.5) is 5.69 Å². The molecule has 0 saturated heterocycles. The number of hydrogen-bond acceptors (Lipinski definition) is 5. The Labute approximate surface area is 170 Å². The summed E-state index contributed by atoms with van der Waals surface area (Å²) in [7, 11) is 5.47. The third-order valence-corrected chi connectivity index (χ3v) is 4.58. The first-order chi connectivity index (χ1) is 13.9. The molecule has 3 rings (SSSR count). The zero-order valence-electron chi connectivity index (χ0n) is 17.1. The van der Waals surface area contributed by atoms with Gasteiger partial charge in [-0.15, -0.1) is 0 Å². The fourth-order valence-electron chi connectivity index (χ4n) is 2.82. The molecule has 0 radical (unpaired) electrons. The van der Waals surface area contributed by atoms with E-state index in [0.29, 0.717) is 22.8 Å². The number of benzene rings is 2. The van der Waals surface area contributed by atoms with Crippen LogP contribution in [0.5, 0.6) is 5.75 Å². The molecule has 2 aromatic carbocycles. The summed E-state index contributed by atoms with van der Waals surface area (Å²) in [5.41, 5.74) is 4.85. The second-order valence-electron chi connectivity index (χ2n) is 6.76. The van der Waals surface area contributed by atoms with Gasteiger partial charge in [0.25, 0.3) is 5.91 Å². The Morgan fingerprint density at radius 3 is 2.45 bits per heavy atom. The maximum atomic E-state index is 12.8. The van der Waals surface area contributed by atoms with Crippen molar-refractivity contribution in [2.45, 2.75) is 6.92 Å². The number of carbonyl (C=O) groups is 1. The predicted octanol–water partition coefficient (Wildman–Crippen LogP) is 4.25. The van der Waals surface area contributed by atoms with Crippen molar-refractivity contribution >= 4 is 17.3 Å². The number of methoxy groups -OCH3 is 1. The zero-order valence-corrected chi connectivity index (χ0v) is 17.1. The fraction of sp³-hybridized carbons (Fsp3) is 0.174. The minimum absolute atomic E-state index is 0.273. The van der Waals surface area contributed by atoms with Crippen LogP contribution in [-0.4, -0.2) is 42.0 Å². The number of rotatable bonds is 6. The smallest absolute Gasteiger partial charge is 0.276 e. The molecule has 29 heavy (non-hydrogen) atoms. The quantitative estimate of drug-likeness (QED) is 0.684. The van der Waals surface area contributed by atoms with E-state index >= 15 is 0 Å². The number of amides is 1. The molecule has 0 fully saturated rings. The number of ether oxygens (including phenoxy) is 1. The molecular weight excluding hydrogens is 364 g/mol. The normalized spacial score (nSPS) is 10.3. The number of nitrogens with zero attached hydrogens (tertiary/aromatic N) is 3. The van der Waals surface area contributed by atoms with Crippen LogP contribution in [0.25, 0.3) is 17.0 Å². The first kappa shape index (κ1) is 20.1. The van der Waals surface area contributed by atoms with Gasteiger partial charge >= 0.3 is 0 Å². The van der Waals surface area contributed by atoms with E-state index in [9.17, 15) is 4.79 Å². The molecule has 0 atom stereocenters. The van der Waals surface area contributed by atoms with Gasteiger partial charge in [-0.1, -0.05) is 43.0 Å². The highest BCUT2D eigenvalue weighted by atomic mass is 16.5. The fourth-order valence-corrected chi connectivity index (χ4v) is 2.82. The van der Waals surface area contributed by atoms with E-state index in [0.717, 1.165) is 16.8 Å². The number of carbonyl (C=O) groups excluding carboxylic acids is 1. The van der Waals surface area contributed by atoms with Crippen LogP contribution in [0.1, 0.15) is 21.7 Å². The number of aromatic nitrogens is 2. The lowest BCUT2D eigenvalue weighted by atomic mass is 10.1. The number of hydrogen-bond donors (Lipinski definition) is 1. The summed E-state index contributed by atoms with van der Waals surface area (Å²) in [4.78, 5) is 23.7. The zero-order chi connectivity index (χ0) is 21.0. The average Bonchev–Trinajstić information content (AvgIpc) is 2.74. The maximum absolute atomic E-state index is 12.8. The Hall–Kier alpha value is -3.67. The van der Waals surface area contributed by atoms with Crippen molar-refractivity contribution in [3.05, 3.63) is 78.3 Å². The summed E-state index contributed by atoms with van der Waals surface area (Å²) in [6.07, 6.45) is 1.67. The monoisotopic (exact) mass is 388 g/mol. The highest BCUT2D eigenvalue weighted by Crippen LogP contribution is 2.25. The van der Waals surface area contributed by atoms with E-state index in [4.69, 9.17) is 4.74 Å². The van der Waals surface area contributed by atoms with Gasteiger partial charge in [-0.3, -0.25) is 9.78 Å². The SMILES string of the molecule is C=C(c1ccc(-c2cnc(C)c(C(=O)Nc3ccccc3OC)n2)cc1)N(C)C. The largest absolute Gasteiger partial charge is 0.495 e. The van der Waals surface area contributed by atoms with Crippen molar-refractivity contribution in [1.82, 2.24) is 14.9 Å². The summed E-state index contributed by atoms with van der Waals surface area (Å²) in [6, 6.07) is 15.1. The predicted molar refractivity (Wildman–Crippen MR) is 116 cm³/mol. The van der Waals surface area contributed by atoms with E-state index in [1.165, 1.54) is 0 Å². The number of aryl methyl sites for hydroxylation is 1. The Morgan fingerprint density at radius 2 is 1.79 bits per heavy atom.